The topological polar surface area (TPSA) is 86.3 Å². The normalized spacial score (nSPS) is 16.1. The number of carbonyl (C=O) groups excluding carboxylic acids is 1. The molecule has 0 N–H and O–H groups in total. The third-order valence-electron chi connectivity index (χ3n) is 3.79. The van der Waals surface area contributed by atoms with Crippen LogP contribution in [0.4, 0.5) is 0 Å². The van der Waals surface area contributed by atoms with E-state index >= 15 is 0 Å². The molecule has 8 nitrogen and oxygen atoms in total. The maximum Gasteiger partial charge on any atom is 0.257 e. The fraction of sp³-hybridized carbons (Fsp3) is 0.571. The number of nitrogens with zero attached hydrogens (tertiary/aromatic N) is 5. The molecule has 0 unspecified atom stereocenters. The van der Waals surface area contributed by atoms with Crippen molar-refractivity contribution in [1.82, 2.24) is 24.8 Å². The highest BCUT2D eigenvalue weighted by molar-refractivity contribution is 5.93. The predicted octanol–water partition coefficient (Wildman–Crippen LogP) is 1.11. The smallest absolute Gasteiger partial charge is 0.257 e. The fourth-order valence-electron chi connectivity index (χ4n) is 2.50. The molecule has 118 valence electrons. The van der Waals surface area contributed by atoms with Crippen LogP contribution >= 0.6 is 0 Å². The van der Waals surface area contributed by atoms with Crippen LogP contribution < -0.4 is 0 Å². The van der Waals surface area contributed by atoms with E-state index in [0.717, 1.165) is 19.4 Å². The SMILES string of the molecule is CCn1cc(C(=O)N2CCC(OCc3ncon3)CC2)cn1. The molecule has 1 fully saturated rings. The minimum Gasteiger partial charge on any atom is -0.370 e. The molecule has 0 radical (unpaired) electrons. The molecule has 2 aromatic rings. The summed E-state index contributed by atoms with van der Waals surface area (Å²) in [4.78, 5) is 18.1. The van der Waals surface area contributed by atoms with E-state index in [1.54, 1.807) is 17.1 Å². The van der Waals surface area contributed by atoms with Crippen LogP contribution in [0.1, 0.15) is 35.9 Å². The Morgan fingerprint density at radius 3 is 2.91 bits per heavy atom. The van der Waals surface area contributed by atoms with Gasteiger partial charge in [0, 0.05) is 25.8 Å². The predicted molar refractivity (Wildman–Crippen MR) is 75.9 cm³/mol. The van der Waals surface area contributed by atoms with Crippen LogP contribution in [0.25, 0.3) is 0 Å². The number of piperidine rings is 1. The van der Waals surface area contributed by atoms with Crippen LogP contribution in [0.5, 0.6) is 0 Å². The van der Waals surface area contributed by atoms with Crippen molar-refractivity contribution in [2.75, 3.05) is 13.1 Å². The molecule has 0 aliphatic carbocycles. The van der Waals surface area contributed by atoms with Gasteiger partial charge in [-0.15, -0.1) is 0 Å². The monoisotopic (exact) mass is 305 g/mol. The van der Waals surface area contributed by atoms with Crippen LogP contribution in [0, 0.1) is 0 Å². The molecule has 1 saturated heterocycles. The van der Waals surface area contributed by atoms with E-state index in [9.17, 15) is 4.79 Å². The van der Waals surface area contributed by atoms with Crippen LogP contribution in [0.2, 0.25) is 0 Å². The van der Waals surface area contributed by atoms with E-state index in [1.165, 1.54) is 6.39 Å². The molecule has 0 aromatic carbocycles. The summed E-state index contributed by atoms with van der Waals surface area (Å²) >= 11 is 0. The maximum atomic E-state index is 12.4. The van der Waals surface area contributed by atoms with Crippen molar-refractivity contribution >= 4 is 5.91 Å². The number of rotatable bonds is 5. The first-order valence-electron chi connectivity index (χ1n) is 7.45. The van der Waals surface area contributed by atoms with Gasteiger partial charge in [-0.25, -0.2) is 0 Å². The van der Waals surface area contributed by atoms with Gasteiger partial charge in [-0.2, -0.15) is 10.1 Å². The summed E-state index contributed by atoms with van der Waals surface area (Å²) in [5.74, 6) is 0.585. The second-order valence-electron chi connectivity index (χ2n) is 5.23. The molecule has 0 atom stereocenters. The van der Waals surface area contributed by atoms with Crippen LogP contribution in [-0.4, -0.2) is 49.9 Å². The number of ether oxygens (including phenoxy) is 1. The fourth-order valence-corrected chi connectivity index (χ4v) is 2.50. The average Bonchev–Trinajstić information content (AvgIpc) is 3.24. The van der Waals surface area contributed by atoms with Crippen molar-refractivity contribution in [1.29, 1.82) is 0 Å². The standard InChI is InChI=1S/C14H19N5O3/c1-2-19-8-11(7-16-19)14(20)18-5-3-12(4-6-18)21-9-13-15-10-22-17-13/h7-8,10,12H,2-6,9H2,1H3. The molecule has 1 aliphatic rings. The summed E-state index contributed by atoms with van der Waals surface area (Å²) in [6.07, 6.45) is 6.46. The van der Waals surface area contributed by atoms with Gasteiger partial charge in [-0.1, -0.05) is 5.16 Å². The zero-order valence-corrected chi connectivity index (χ0v) is 12.5. The molecule has 8 heteroatoms. The lowest BCUT2D eigenvalue weighted by Crippen LogP contribution is -2.40. The first kappa shape index (κ1) is 14.7. The van der Waals surface area contributed by atoms with Crippen LogP contribution in [0.15, 0.2) is 23.3 Å². The summed E-state index contributed by atoms with van der Waals surface area (Å²) in [6, 6.07) is 0. The van der Waals surface area contributed by atoms with Gasteiger partial charge in [0.25, 0.3) is 5.91 Å². The van der Waals surface area contributed by atoms with E-state index in [1.807, 2.05) is 11.8 Å². The first-order valence-corrected chi connectivity index (χ1v) is 7.45. The molecular formula is C14H19N5O3. The number of hydrogen-bond acceptors (Lipinski definition) is 6. The van der Waals surface area contributed by atoms with E-state index in [-0.39, 0.29) is 12.0 Å². The average molecular weight is 305 g/mol. The quantitative estimate of drug-likeness (QED) is 0.822. The Morgan fingerprint density at radius 1 is 1.45 bits per heavy atom. The number of carbonyl (C=O) groups is 1. The Bertz CT molecular complexity index is 602. The van der Waals surface area contributed by atoms with E-state index in [4.69, 9.17) is 4.74 Å². The highest BCUT2D eigenvalue weighted by Gasteiger charge is 2.25. The highest BCUT2D eigenvalue weighted by atomic mass is 16.5. The lowest BCUT2D eigenvalue weighted by molar-refractivity contribution is -0.00350. The first-order chi connectivity index (χ1) is 10.8. The van der Waals surface area contributed by atoms with Crippen LogP contribution in [-0.2, 0) is 17.9 Å². The van der Waals surface area contributed by atoms with Gasteiger partial charge >= 0.3 is 0 Å². The minimum absolute atomic E-state index is 0.0383. The van der Waals surface area contributed by atoms with Gasteiger partial charge < -0.3 is 14.2 Å². The van der Waals surface area contributed by atoms with E-state index in [0.29, 0.717) is 31.1 Å². The summed E-state index contributed by atoms with van der Waals surface area (Å²) in [5.41, 5.74) is 0.646. The van der Waals surface area contributed by atoms with Crippen molar-refractivity contribution in [2.24, 2.45) is 0 Å². The lowest BCUT2D eigenvalue weighted by Gasteiger charge is -2.31. The van der Waals surface area contributed by atoms with Gasteiger partial charge in [-0.3, -0.25) is 9.48 Å². The molecule has 22 heavy (non-hydrogen) atoms. The largest absolute Gasteiger partial charge is 0.370 e. The summed E-state index contributed by atoms with van der Waals surface area (Å²) in [5, 5.41) is 7.85. The van der Waals surface area contributed by atoms with Gasteiger partial charge in [-0.05, 0) is 19.8 Å². The molecule has 2 aromatic heterocycles. The van der Waals surface area contributed by atoms with Gasteiger partial charge in [0.05, 0.1) is 17.9 Å². The number of aromatic nitrogens is 4. The molecular weight excluding hydrogens is 286 g/mol. The number of amides is 1. The molecule has 0 bridgehead atoms. The number of aryl methyl sites for hydroxylation is 1. The third-order valence-corrected chi connectivity index (χ3v) is 3.79. The molecule has 3 rings (SSSR count). The van der Waals surface area contributed by atoms with Gasteiger partial charge in [0.1, 0.15) is 6.61 Å². The van der Waals surface area contributed by atoms with Crippen molar-refractivity contribution in [3.05, 3.63) is 30.2 Å². The van der Waals surface area contributed by atoms with Crippen molar-refractivity contribution < 1.29 is 14.1 Å². The molecule has 0 spiro atoms. The Hall–Kier alpha value is -2.22. The number of hydrogen-bond donors (Lipinski definition) is 0. The number of likely N-dealkylation sites (tertiary alicyclic amines) is 1. The van der Waals surface area contributed by atoms with Gasteiger partial charge in [0.15, 0.2) is 5.82 Å². The van der Waals surface area contributed by atoms with Crippen molar-refractivity contribution in [3.63, 3.8) is 0 Å². The summed E-state index contributed by atoms with van der Waals surface area (Å²) < 4.78 is 12.2. The highest BCUT2D eigenvalue weighted by Crippen LogP contribution is 2.17. The van der Waals surface area contributed by atoms with Gasteiger partial charge in [0.2, 0.25) is 6.39 Å². The summed E-state index contributed by atoms with van der Waals surface area (Å²) in [6.45, 7) is 4.48. The molecule has 1 aliphatic heterocycles. The van der Waals surface area contributed by atoms with Crippen LogP contribution in [0.3, 0.4) is 0 Å². The minimum atomic E-state index is 0.0383. The van der Waals surface area contributed by atoms with E-state index < -0.39 is 0 Å². The zero-order chi connectivity index (χ0) is 15.4. The second-order valence-corrected chi connectivity index (χ2v) is 5.23. The molecule has 1 amide bonds. The second kappa shape index (κ2) is 6.69. The van der Waals surface area contributed by atoms with E-state index in [2.05, 4.69) is 19.8 Å². The Kier molecular flexibility index (Phi) is 4.47. The van der Waals surface area contributed by atoms with Crippen molar-refractivity contribution in [3.8, 4) is 0 Å². The third kappa shape index (κ3) is 3.33. The Balaban J connectivity index is 1.47. The Labute approximate surface area is 128 Å². The summed E-state index contributed by atoms with van der Waals surface area (Å²) in [7, 11) is 0. The molecule has 0 saturated carbocycles. The maximum absolute atomic E-state index is 12.4. The van der Waals surface area contributed by atoms with Crippen molar-refractivity contribution in [2.45, 2.75) is 39.0 Å². The molecule has 3 heterocycles. The Morgan fingerprint density at radius 2 is 2.27 bits per heavy atom. The zero-order valence-electron chi connectivity index (χ0n) is 12.5. The lowest BCUT2D eigenvalue weighted by atomic mass is 10.1.